The fraction of sp³-hybridized carbons (Fsp3) is 0.242. The molecular formula is C33H29N3O3S. The third kappa shape index (κ3) is 3.50. The van der Waals surface area contributed by atoms with Crippen LogP contribution in [0, 0.1) is 11.8 Å². The van der Waals surface area contributed by atoms with Gasteiger partial charge in [0, 0.05) is 22.7 Å². The summed E-state index contributed by atoms with van der Waals surface area (Å²) in [4.78, 5) is 46.6. The molecule has 4 unspecified atom stereocenters. The van der Waals surface area contributed by atoms with Crippen LogP contribution in [0.2, 0.25) is 0 Å². The van der Waals surface area contributed by atoms with E-state index in [1.165, 1.54) is 4.90 Å². The van der Waals surface area contributed by atoms with Gasteiger partial charge in [0.1, 0.15) is 5.54 Å². The normalized spacial score (nSPS) is 25.3. The highest BCUT2D eigenvalue weighted by molar-refractivity contribution is 7.98. The molecular weight excluding hydrogens is 518 g/mol. The lowest BCUT2D eigenvalue weighted by Crippen LogP contribution is -2.55. The molecule has 0 radical (unpaired) electrons. The van der Waals surface area contributed by atoms with Crippen LogP contribution in [0.15, 0.2) is 97.1 Å². The van der Waals surface area contributed by atoms with E-state index >= 15 is 0 Å². The molecule has 1 N–H and O–H groups in total. The van der Waals surface area contributed by atoms with Crippen LogP contribution in [-0.2, 0) is 26.5 Å². The Hall–Kier alpha value is -3.94. The first-order valence-corrected chi connectivity index (χ1v) is 15.0. The number of hydrogen-bond acceptors (Lipinski definition) is 5. The van der Waals surface area contributed by atoms with Crippen molar-refractivity contribution in [3.8, 4) is 0 Å². The minimum Gasteiger partial charge on any atom is -0.306 e. The summed E-state index contributed by atoms with van der Waals surface area (Å²) in [6.07, 6.45) is 2.71. The molecule has 1 spiro atoms. The number of rotatable bonds is 6. The maximum absolute atomic E-state index is 14.6. The van der Waals surface area contributed by atoms with E-state index in [4.69, 9.17) is 0 Å². The van der Waals surface area contributed by atoms with Gasteiger partial charge in [0.2, 0.25) is 11.8 Å². The molecule has 3 aliphatic rings. The van der Waals surface area contributed by atoms with Crippen molar-refractivity contribution in [2.75, 3.05) is 21.8 Å². The Balaban J connectivity index is 1.38. The predicted molar refractivity (Wildman–Crippen MR) is 159 cm³/mol. The first kappa shape index (κ1) is 25.1. The zero-order valence-electron chi connectivity index (χ0n) is 22.1. The molecule has 3 aliphatic heterocycles. The monoisotopic (exact) mass is 547 g/mol. The smallest absolute Gasteiger partial charge is 0.253 e. The molecule has 2 fully saturated rings. The van der Waals surface area contributed by atoms with Crippen molar-refractivity contribution in [1.29, 1.82) is 0 Å². The summed E-state index contributed by atoms with van der Waals surface area (Å²) in [6.45, 7) is 0.391. The molecule has 0 aromatic heterocycles. The molecule has 0 aliphatic carbocycles. The second kappa shape index (κ2) is 9.61. The van der Waals surface area contributed by atoms with Crippen molar-refractivity contribution in [2.24, 2.45) is 11.8 Å². The number of carbonyl (C=O) groups excluding carboxylic acids is 3. The summed E-state index contributed by atoms with van der Waals surface area (Å²) in [7, 11) is 0. The largest absolute Gasteiger partial charge is 0.306 e. The van der Waals surface area contributed by atoms with Crippen LogP contribution in [0.1, 0.15) is 17.5 Å². The van der Waals surface area contributed by atoms with Gasteiger partial charge in [0.25, 0.3) is 5.91 Å². The average Bonchev–Trinajstić information content (AvgIpc) is 3.55. The van der Waals surface area contributed by atoms with Crippen molar-refractivity contribution in [3.05, 3.63) is 108 Å². The SMILES string of the molecule is CSCCC1NC2(C(=O)N(Cc3ccccc3)c3ccccc32)C2C(=O)N(c3cccc4ccccc34)C(=O)C12. The van der Waals surface area contributed by atoms with Gasteiger partial charge >= 0.3 is 0 Å². The molecule has 4 atom stereocenters. The molecule has 3 heterocycles. The van der Waals surface area contributed by atoms with Crippen LogP contribution in [-0.4, -0.2) is 35.8 Å². The highest BCUT2D eigenvalue weighted by Crippen LogP contribution is 2.56. The fourth-order valence-corrected chi connectivity index (χ4v) is 7.49. The highest BCUT2D eigenvalue weighted by atomic mass is 32.2. The van der Waals surface area contributed by atoms with Crippen LogP contribution < -0.4 is 15.1 Å². The van der Waals surface area contributed by atoms with Gasteiger partial charge in [-0.05, 0) is 41.5 Å². The van der Waals surface area contributed by atoms with Crippen LogP contribution in [0.5, 0.6) is 0 Å². The number of thioether (sulfide) groups is 1. The van der Waals surface area contributed by atoms with Crippen LogP contribution in [0.25, 0.3) is 10.8 Å². The van der Waals surface area contributed by atoms with Crippen LogP contribution >= 0.6 is 11.8 Å². The number of hydrogen-bond donors (Lipinski definition) is 1. The summed E-state index contributed by atoms with van der Waals surface area (Å²) in [5.41, 5.74) is 1.85. The molecule has 4 aromatic carbocycles. The molecule has 7 heteroatoms. The van der Waals surface area contributed by atoms with Crippen molar-refractivity contribution >= 4 is 51.6 Å². The van der Waals surface area contributed by atoms with Gasteiger partial charge in [-0.3, -0.25) is 19.7 Å². The molecule has 3 amide bonds. The Morgan fingerprint density at radius 3 is 2.33 bits per heavy atom. The Morgan fingerprint density at radius 1 is 0.800 bits per heavy atom. The number of anilines is 2. The predicted octanol–water partition coefficient (Wildman–Crippen LogP) is 5.11. The number of nitrogens with zero attached hydrogens (tertiary/aromatic N) is 2. The lowest BCUT2D eigenvalue weighted by molar-refractivity contribution is -0.132. The summed E-state index contributed by atoms with van der Waals surface area (Å²) in [5, 5.41) is 5.43. The Bertz CT molecular complexity index is 1650. The third-order valence-corrected chi connectivity index (χ3v) is 9.33. The van der Waals surface area contributed by atoms with E-state index in [9.17, 15) is 14.4 Å². The van der Waals surface area contributed by atoms with E-state index in [1.54, 1.807) is 16.7 Å². The van der Waals surface area contributed by atoms with E-state index in [1.807, 2.05) is 103 Å². The number of carbonyl (C=O) groups is 3. The standard InChI is InChI=1S/C33H29N3O3S/c1-40-19-18-25-28-29(31(38)36(30(28)37)26-17-9-13-22-12-5-6-14-23(22)26)33(34-25)24-15-7-8-16-27(24)35(32(33)39)20-21-10-3-2-4-11-21/h2-17,25,28-29,34H,18-20H2,1H3. The third-order valence-electron chi connectivity index (χ3n) is 8.69. The zero-order valence-corrected chi connectivity index (χ0v) is 22.9. The van der Waals surface area contributed by atoms with Crippen molar-refractivity contribution < 1.29 is 14.4 Å². The first-order valence-electron chi connectivity index (χ1n) is 13.6. The summed E-state index contributed by atoms with van der Waals surface area (Å²) < 4.78 is 0. The van der Waals surface area contributed by atoms with Crippen LogP contribution in [0.3, 0.4) is 0 Å². The number of imide groups is 1. The topological polar surface area (TPSA) is 69.7 Å². The van der Waals surface area contributed by atoms with E-state index in [0.29, 0.717) is 18.7 Å². The molecule has 40 heavy (non-hydrogen) atoms. The minimum absolute atomic E-state index is 0.167. The Kier molecular flexibility index (Phi) is 6.02. The van der Waals surface area contributed by atoms with Crippen LogP contribution in [0.4, 0.5) is 11.4 Å². The van der Waals surface area contributed by atoms with Gasteiger partial charge in [-0.1, -0.05) is 84.9 Å². The van der Waals surface area contributed by atoms with Crippen molar-refractivity contribution in [1.82, 2.24) is 5.32 Å². The van der Waals surface area contributed by atoms with Gasteiger partial charge < -0.3 is 4.90 Å². The first-order chi connectivity index (χ1) is 19.6. The average molecular weight is 548 g/mol. The molecule has 0 bridgehead atoms. The molecule has 7 rings (SSSR count). The number of fused-ring (bicyclic) bond motifs is 5. The number of amides is 3. The Morgan fingerprint density at radius 2 is 1.50 bits per heavy atom. The van der Waals surface area contributed by atoms with Gasteiger partial charge in [0.15, 0.2) is 0 Å². The van der Waals surface area contributed by atoms with Crippen molar-refractivity contribution in [2.45, 2.75) is 24.5 Å². The second-order valence-corrected chi connectivity index (χ2v) is 11.7. The van der Waals surface area contributed by atoms with Gasteiger partial charge in [-0.2, -0.15) is 11.8 Å². The number of benzene rings is 4. The minimum atomic E-state index is -1.30. The number of para-hydroxylation sites is 1. The summed E-state index contributed by atoms with van der Waals surface area (Å²) in [5.74, 6) is -1.35. The lowest BCUT2D eigenvalue weighted by atomic mass is 9.76. The highest BCUT2D eigenvalue weighted by Gasteiger charge is 2.71. The molecule has 2 saturated heterocycles. The zero-order chi connectivity index (χ0) is 27.4. The van der Waals surface area contributed by atoms with E-state index in [-0.39, 0.29) is 23.8 Å². The van der Waals surface area contributed by atoms with Gasteiger partial charge in [-0.25, -0.2) is 4.90 Å². The van der Waals surface area contributed by atoms with E-state index < -0.39 is 17.4 Å². The second-order valence-electron chi connectivity index (χ2n) is 10.7. The Labute approximate surface area is 237 Å². The number of nitrogens with one attached hydrogen (secondary N) is 1. The van der Waals surface area contributed by atoms with Crippen molar-refractivity contribution in [3.63, 3.8) is 0 Å². The molecule has 4 aromatic rings. The molecule has 0 saturated carbocycles. The summed E-state index contributed by atoms with van der Waals surface area (Å²) >= 11 is 1.70. The maximum Gasteiger partial charge on any atom is 0.253 e. The maximum atomic E-state index is 14.6. The van der Waals surface area contributed by atoms with E-state index in [0.717, 1.165) is 33.3 Å². The van der Waals surface area contributed by atoms with Gasteiger partial charge in [-0.15, -0.1) is 0 Å². The quantitative estimate of drug-likeness (QED) is 0.340. The molecule has 6 nitrogen and oxygen atoms in total. The lowest BCUT2D eigenvalue weighted by Gasteiger charge is -2.31. The van der Waals surface area contributed by atoms with Gasteiger partial charge in [0.05, 0.1) is 24.1 Å². The molecule has 200 valence electrons. The fourth-order valence-electron chi connectivity index (χ4n) is 7.00. The summed E-state index contributed by atoms with van der Waals surface area (Å²) in [6, 6.07) is 30.8. The van der Waals surface area contributed by atoms with E-state index in [2.05, 4.69) is 5.32 Å².